The second kappa shape index (κ2) is 14.3. The molecular formula is C32H56N6O7S. The van der Waals surface area contributed by atoms with E-state index in [0.717, 1.165) is 5.57 Å². The topological polar surface area (TPSA) is 177 Å². The molecule has 3 aliphatic rings. The van der Waals surface area contributed by atoms with E-state index in [-0.39, 0.29) is 30.0 Å². The zero-order valence-electron chi connectivity index (χ0n) is 29.2. The summed E-state index contributed by atoms with van der Waals surface area (Å²) in [5, 5.41) is 22.7. The number of rotatable bonds is 12. The molecular weight excluding hydrogens is 612 g/mol. The molecule has 2 saturated heterocycles. The Bertz CT molecular complexity index is 1310. The van der Waals surface area contributed by atoms with Crippen molar-refractivity contribution in [3.8, 4) is 0 Å². The molecule has 13 nitrogen and oxygen atoms in total. The van der Waals surface area contributed by atoms with E-state index in [1.165, 1.54) is 16.9 Å². The van der Waals surface area contributed by atoms with Crippen molar-refractivity contribution in [1.29, 1.82) is 0 Å². The summed E-state index contributed by atoms with van der Waals surface area (Å²) in [7, 11) is -2.00. The number of fused-ring (bicyclic) bond motifs is 1. The number of aliphatic hydroxyl groups excluding tert-OH is 1. The lowest BCUT2D eigenvalue weighted by Crippen LogP contribution is -2.63. The Kier molecular flexibility index (Phi) is 11.8. The van der Waals surface area contributed by atoms with Gasteiger partial charge in [0.25, 0.3) is 5.91 Å². The SMILES string of the molecule is CCCC(NC(O)[C@@H]1[C@H]2C(=C(C)C)[C@H]2CN1C(=O)[C@@H](NC(=O)N[C@H](CN1CCCS1(=O)=O)C(C)(C)C)C(C)(C)C)C(=O)C(=O)NC. The molecule has 0 aromatic heterocycles. The molecule has 262 valence electrons. The summed E-state index contributed by atoms with van der Waals surface area (Å²) in [6, 6.07) is -3.74. The zero-order chi connectivity index (χ0) is 34.9. The van der Waals surface area contributed by atoms with Crippen molar-refractivity contribution in [2.24, 2.45) is 22.7 Å². The van der Waals surface area contributed by atoms with Gasteiger partial charge in [-0.1, -0.05) is 66.0 Å². The van der Waals surface area contributed by atoms with Gasteiger partial charge in [-0.2, -0.15) is 4.31 Å². The second-order valence-corrected chi connectivity index (χ2v) is 17.4. The minimum Gasteiger partial charge on any atom is -0.376 e. The number of nitrogens with zero attached hydrogens (tertiary/aromatic N) is 2. The lowest BCUT2D eigenvalue weighted by molar-refractivity contribution is -0.142. The van der Waals surface area contributed by atoms with E-state index in [2.05, 4.69) is 21.3 Å². The van der Waals surface area contributed by atoms with Gasteiger partial charge in [0, 0.05) is 44.6 Å². The predicted octanol–water partition coefficient (Wildman–Crippen LogP) is 1.34. The zero-order valence-corrected chi connectivity index (χ0v) is 30.0. The van der Waals surface area contributed by atoms with E-state index in [0.29, 0.717) is 32.4 Å². The van der Waals surface area contributed by atoms with Gasteiger partial charge in [0.1, 0.15) is 12.3 Å². The maximum atomic E-state index is 14.3. The number of Topliss-reactive ketones (excluding diaryl/α,β-unsaturated/α-hetero) is 1. The molecule has 3 rings (SSSR count). The smallest absolute Gasteiger partial charge is 0.315 e. The Hall–Kier alpha value is -2.55. The van der Waals surface area contributed by atoms with E-state index in [4.69, 9.17) is 0 Å². The first-order valence-corrected chi connectivity index (χ1v) is 18.0. The number of sulfonamides is 1. The molecule has 2 aliphatic heterocycles. The lowest BCUT2D eigenvalue weighted by Gasteiger charge is -2.40. The predicted molar refractivity (Wildman–Crippen MR) is 176 cm³/mol. The van der Waals surface area contributed by atoms with E-state index in [1.807, 2.05) is 62.3 Å². The van der Waals surface area contributed by atoms with Crippen molar-refractivity contribution < 1.29 is 32.7 Å². The van der Waals surface area contributed by atoms with Gasteiger partial charge in [-0.3, -0.25) is 19.7 Å². The molecule has 0 radical (unpaired) electrons. The number of carbonyl (C=O) groups excluding carboxylic acids is 4. The number of allylic oxidation sites excluding steroid dienone is 1. The van der Waals surface area contributed by atoms with Crippen molar-refractivity contribution in [1.82, 2.24) is 30.5 Å². The average molecular weight is 669 g/mol. The van der Waals surface area contributed by atoms with Crippen LogP contribution in [0.4, 0.5) is 4.79 Å². The van der Waals surface area contributed by atoms with E-state index < -0.39 is 69.0 Å². The number of aliphatic hydroxyl groups is 1. The van der Waals surface area contributed by atoms with E-state index in [1.54, 1.807) is 4.90 Å². The van der Waals surface area contributed by atoms with Crippen molar-refractivity contribution in [3.63, 3.8) is 0 Å². The fourth-order valence-corrected chi connectivity index (χ4v) is 8.29. The maximum Gasteiger partial charge on any atom is 0.315 e. The fourth-order valence-electron chi connectivity index (χ4n) is 6.76. The number of hydrogen-bond donors (Lipinski definition) is 5. The van der Waals surface area contributed by atoms with E-state index in [9.17, 15) is 32.7 Å². The Morgan fingerprint density at radius 2 is 1.65 bits per heavy atom. The van der Waals surface area contributed by atoms with Gasteiger partial charge < -0.3 is 26.0 Å². The first kappa shape index (κ1) is 37.9. The highest BCUT2D eigenvalue weighted by atomic mass is 32.2. The highest BCUT2D eigenvalue weighted by Crippen LogP contribution is 2.57. The molecule has 7 atom stereocenters. The van der Waals surface area contributed by atoms with Crippen LogP contribution in [0.1, 0.15) is 81.6 Å². The van der Waals surface area contributed by atoms with Crippen LogP contribution in [0.15, 0.2) is 11.1 Å². The molecule has 1 aliphatic carbocycles. The highest BCUT2D eigenvalue weighted by molar-refractivity contribution is 7.89. The first-order valence-electron chi connectivity index (χ1n) is 16.4. The molecule has 2 unspecified atom stereocenters. The summed E-state index contributed by atoms with van der Waals surface area (Å²) < 4.78 is 26.4. The number of carbonyl (C=O) groups is 4. The number of piperidine rings is 1. The fraction of sp³-hybridized carbons (Fsp3) is 0.812. The summed E-state index contributed by atoms with van der Waals surface area (Å²) in [5.74, 6) is -1.79. The Morgan fingerprint density at radius 1 is 1.02 bits per heavy atom. The molecule has 4 amide bonds. The number of amides is 4. The third-order valence-electron chi connectivity index (χ3n) is 9.43. The molecule has 1 saturated carbocycles. The number of likely N-dealkylation sites (N-methyl/N-ethyl adjacent to an activating group) is 1. The molecule has 3 fully saturated rings. The van der Waals surface area contributed by atoms with Crippen LogP contribution in [-0.2, 0) is 24.4 Å². The number of urea groups is 1. The molecule has 46 heavy (non-hydrogen) atoms. The van der Waals surface area contributed by atoms with Gasteiger partial charge in [-0.25, -0.2) is 13.2 Å². The van der Waals surface area contributed by atoms with Gasteiger partial charge >= 0.3 is 6.03 Å². The van der Waals surface area contributed by atoms with Crippen LogP contribution >= 0.6 is 0 Å². The van der Waals surface area contributed by atoms with Crippen molar-refractivity contribution in [3.05, 3.63) is 11.1 Å². The van der Waals surface area contributed by atoms with Crippen molar-refractivity contribution >= 4 is 33.7 Å². The normalized spacial score (nSPS) is 25.2. The quantitative estimate of drug-likeness (QED) is 0.118. The average Bonchev–Trinajstić information content (AvgIpc) is 3.34. The molecule has 5 N–H and O–H groups in total. The number of likely N-dealkylation sites (tertiary alicyclic amines) is 1. The van der Waals surface area contributed by atoms with Crippen LogP contribution in [0.25, 0.3) is 0 Å². The Balaban J connectivity index is 1.85. The first-order chi connectivity index (χ1) is 21.1. The van der Waals surface area contributed by atoms with Crippen LogP contribution in [0.2, 0.25) is 0 Å². The maximum absolute atomic E-state index is 14.3. The largest absolute Gasteiger partial charge is 0.376 e. The third-order valence-corrected chi connectivity index (χ3v) is 11.4. The van der Waals surface area contributed by atoms with Crippen LogP contribution < -0.4 is 21.3 Å². The summed E-state index contributed by atoms with van der Waals surface area (Å²) in [5.41, 5.74) is 1.08. The number of ketones is 1. The standard InChI is InChI=1S/C32H56N6O7S/c1-11-13-20(25(39)28(41)33-10)34-27(40)24-23-19(22(23)18(2)3)16-38(24)29(42)26(32(7,8)9)36-30(43)35-21(31(4,5)6)17-37-14-12-15-46(37,44)45/h19-21,23-24,26-27,34,40H,11-17H2,1-10H3,(H,33,41)(H2,35,36,43)/t19-,20?,21-,23-,24+,26-,27?/m1/s1. The molecule has 0 aromatic rings. The third kappa shape index (κ3) is 8.48. The van der Waals surface area contributed by atoms with Crippen LogP contribution in [-0.4, -0.2) is 109 Å². The summed E-state index contributed by atoms with van der Waals surface area (Å²) in [4.78, 5) is 54.4. The Labute approximate surface area is 274 Å². The van der Waals surface area contributed by atoms with Crippen LogP contribution in [0, 0.1) is 22.7 Å². The summed E-state index contributed by atoms with van der Waals surface area (Å²) in [6.07, 6.45) is 0.159. The van der Waals surface area contributed by atoms with Crippen LogP contribution in [0.3, 0.4) is 0 Å². The monoisotopic (exact) mass is 668 g/mol. The van der Waals surface area contributed by atoms with Gasteiger partial charge in [-0.15, -0.1) is 0 Å². The Morgan fingerprint density at radius 3 is 2.13 bits per heavy atom. The number of hydrogen-bond acceptors (Lipinski definition) is 8. The van der Waals surface area contributed by atoms with E-state index >= 15 is 0 Å². The molecule has 0 aromatic carbocycles. The summed E-state index contributed by atoms with van der Waals surface area (Å²) in [6.45, 7) is 18.0. The van der Waals surface area contributed by atoms with Gasteiger partial charge in [0.05, 0.1) is 17.8 Å². The molecule has 14 heteroatoms. The second-order valence-electron chi connectivity index (χ2n) is 15.3. The van der Waals surface area contributed by atoms with Crippen molar-refractivity contribution in [2.75, 3.05) is 32.4 Å². The number of nitrogens with one attached hydrogen (secondary N) is 4. The van der Waals surface area contributed by atoms with Crippen LogP contribution in [0.5, 0.6) is 0 Å². The van der Waals surface area contributed by atoms with Gasteiger partial charge in [0.15, 0.2) is 0 Å². The van der Waals surface area contributed by atoms with Gasteiger partial charge in [0.2, 0.25) is 21.7 Å². The lowest BCUT2D eigenvalue weighted by atomic mass is 9.85. The van der Waals surface area contributed by atoms with Gasteiger partial charge in [-0.05, 0) is 37.5 Å². The highest BCUT2D eigenvalue weighted by Gasteiger charge is 2.62. The van der Waals surface area contributed by atoms with Crippen molar-refractivity contribution in [2.45, 2.75) is 112 Å². The molecule has 0 spiro atoms. The molecule has 0 bridgehead atoms. The molecule has 2 heterocycles. The minimum absolute atomic E-state index is 0.0526. The minimum atomic E-state index is -3.38. The summed E-state index contributed by atoms with van der Waals surface area (Å²) >= 11 is 0.